The van der Waals surface area contributed by atoms with Crippen LogP contribution in [0.2, 0.25) is 0 Å². The van der Waals surface area contributed by atoms with E-state index in [2.05, 4.69) is 4.98 Å². The number of aryl methyl sites for hydroxylation is 1. The van der Waals surface area contributed by atoms with E-state index in [4.69, 9.17) is 5.73 Å². The third-order valence-electron chi connectivity index (χ3n) is 2.32. The molecule has 17 heavy (non-hydrogen) atoms. The second kappa shape index (κ2) is 5.53. The quantitative estimate of drug-likeness (QED) is 0.660. The third kappa shape index (κ3) is 3.21. The minimum absolute atomic E-state index is 0.551. The Balaban J connectivity index is 1.98. The molecule has 0 radical (unpaired) electrons. The van der Waals surface area contributed by atoms with Gasteiger partial charge >= 0.3 is 0 Å². The van der Waals surface area contributed by atoms with Crippen LogP contribution in [0.5, 0.6) is 0 Å². The Kier molecular flexibility index (Phi) is 4.04. The van der Waals surface area contributed by atoms with E-state index in [9.17, 15) is 5.11 Å². The molecule has 2 aromatic rings. The van der Waals surface area contributed by atoms with Crippen molar-refractivity contribution in [2.45, 2.75) is 17.4 Å². The Morgan fingerprint density at radius 3 is 2.88 bits per heavy atom. The molecule has 1 heterocycles. The summed E-state index contributed by atoms with van der Waals surface area (Å²) in [5, 5.41) is 12.1. The number of hydrogen-bond acceptors (Lipinski definition) is 5. The predicted octanol–water partition coefficient (Wildman–Crippen LogP) is 2.86. The van der Waals surface area contributed by atoms with Gasteiger partial charge in [0.15, 0.2) is 0 Å². The lowest BCUT2D eigenvalue weighted by Gasteiger charge is -2.11. The molecular formula is C12H14N2OS2. The number of nitrogens with two attached hydrogens (primary N) is 1. The van der Waals surface area contributed by atoms with Crippen LogP contribution in [0, 0.1) is 6.92 Å². The van der Waals surface area contributed by atoms with Crippen molar-refractivity contribution in [2.24, 2.45) is 0 Å². The average molecular weight is 266 g/mol. The smallest absolute Gasteiger partial charge is 0.150 e. The molecule has 1 unspecified atom stereocenters. The molecule has 1 aromatic heterocycles. The van der Waals surface area contributed by atoms with Crippen molar-refractivity contribution in [1.82, 2.24) is 4.98 Å². The van der Waals surface area contributed by atoms with Crippen molar-refractivity contribution in [1.29, 1.82) is 0 Å². The summed E-state index contributed by atoms with van der Waals surface area (Å²) < 4.78 is 0.982. The molecule has 90 valence electrons. The topological polar surface area (TPSA) is 59.1 Å². The van der Waals surface area contributed by atoms with Gasteiger partial charge in [-0.15, -0.1) is 11.3 Å². The van der Waals surface area contributed by atoms with E-state index in [1.54, 1.807) is 29.2 Å². The number of rotatable bonds is 4. The summed E-state index contributed by atoms with van der Waals surface area (Å²) in [5.41, 5.74) is 8.25. The van der Waals surface area contributed by atoms with Crippen molar-refractivity contribution in [3.05, 3.63) is 40.9 Å². The van der Waals surface area contributed by atoms with Gasteiger partial charge < -0.3 is 10.8 Å². The molecule has 0 aliphatic heterocycles. The number of thioether (sulfide) groups is 1. The highest BCUT2D eigenvalue weighted by atomic mass is 32.2. The zero-order valence-electron chi connectivity index (χ0n) is 9.46. The summed E-state index contributed by atoms with van der Waals surface area (Å²) >= 11 is 3.16. The fourth-order valence-corrected chi connectivity index (χ4v) is 3.28. The van der Waals surface area contributed by atoms with Gasteiger partial charge in [-0.05, 0) is 13.0 Å². The zero-order chi connectivity index (χ0) is 12.3. The van der Waals surface area contributed by atoms with E-state index in [1.807, 2.05) is 30.5 Å². The molecule has 3 N–H and O–H groups in total. The number of hydrogen-bond donors (Lipinski definition) is 2. The number of aromatic nitrogens is 1. The summed E-state index contributed by atoms with van der Waals surface area (Å²) in [7, 11) is 0. The molecule has 2 rings (SSSR count). The lowest BCUT2D eigenvalue weighted by atomic mass is 10.1. The highest BCUT2D eigenvalue weighted by molar-refractivity contribution is 8.01. The summed E-state index contributed by atoms with van der Waals surface area (Å²) in [6.45, 7) is 1.96. The summed E-state index contributed by atoms with van der Waals surface area (Å²) in [4.78, 5) is 4.34. The molecule has 0 saturated heterocycles. The van der Waals surface area contributed by atoms with Gasteiger partial charge in [0.25, 0.3) is 0 Å². The van der Waals surface area contributed by atoms with Crippen molar-refractivity contribution in [3.63, 3.8) is 0 Å². The molecule has 1 atom stereocenters. The van der Waals surface area contributed by atoms with Gasteiger partial charge in [0.1, 0.15) is 4.34 Å². The minimum Gasteiger partial charge on any atom is -0.398 e. The van der Waals surface area contributed by atoms with Crippen LogP contribution >= 0.6 is 23.1 Å². The molecule has 0 saturated carbocycles. The van der Waals surface area contributed by atoms with Crippen LogP contribution in [0.1, 0.15) is 17.4 Å². The fourth-order valence-electron chi connectivity index (χ4n) is 1.45. The number of anilines is 1. The van der Waals surface area contributed by atoms with E-state index in [0.29, 0.717) is 11.4 Å². The van der Waals surface area contributed by atoms with Crippen LogP contribution in [0.3, 0.4) is 0 Å². The molecule has 0 fully saturated rings. The molecule has 0 aliphatic carbocycles. The van der Waals surface area contributed by atoms with E-state index in [-0.39, 0.29) is 0 Å². The summed E-state index contributed by atoms with van der Waals surface area (Å²) in [5.74, 6) is 0.571. The molecule has 0 amide bonds. The Labute approximate surface area is 109 Å². The second-order valence-corrected chi connectivity index (χ2v) is 5.84. The summed E-state index contributed by atoms with van der Waals surface area (Å²) in [6, 6.07) is 7.40. The Morgan fingerprint density at radius 2 is 2.24 bits per heavy atom. The summed E-state index contributed by atoms with van der Waals surface area (Å²) in [6.07, 6.45) is -0.551. The van der Waals surface area contributed by atoms with Crippen LogP contribution in [0.25, 0.3) is 0 Å². The van der Waals surface area contributed by atoms with Gasteiger partial charge in [-0.25, -0.2) is 4.98 Å². The number of nitrogen functional groups attached to an aromatic ring is 1. The highest BCUT2D eigenvalue weighted by Crippen LogP contribution is 2.29. The van der Waals surface area contributed by atoms with Crippen molar-refractivity contribution < 1.29 is 5.11 Å². The molecule has 0 spiro atoms. The minimum atomic E-state index is -0.551. The van der Waals surface area contributed by atoms with Gasteiger partial charge in [0.2, 0.25) is 0 Å². The standard InChI is InChI=1S/C12H14N2OS2/c1-8-6-16-12(14-8)17-7-11(15)9-4-2-3-5-10(9)13/h2-6,11,15H,7,13H2,1H3. The van der Waals surface area contributed by atoms with E-state index in [1.165, 1.54) is 0 Å². The molecule has 0 bridgehead atoms. The molecule has 5 heteroatoms. The monoisotopic (exact) mass is 266 g/mol. The number of aliphatic hydroxyl groups is 1. The first kappa shape index (κ1) is 12.4. The number of nitrogens with zero attached hydrogens (tertiary/aromatic N) is 1. The normalized spacial score (nSPS) is 12.6. The maximum Gasteiger partial charge on any atom is 0.150 e. The van der Waals surface area contributed by atoms with Crippen LogP contribution in [0.4, 0.5) is 5.69 Å². The highest BCUT2D eigenvalue weighted by Gasteiger charge is 2.11. The second-order valence-electron chi connectivity index (χ2n) is 3.71. The fraction of sp³-hybridized carbons (Fsp3) is 0.250. The predicted molar refractivity (Wildman–Crippen MR) is 73.4 cm³/mol. The maximum atomic E-state index is 10.0. The number of aliphatic hydroxyl groups excluding tert-OH is 1. The number of thiazole rings is 1. The first-order valence-corrected chi connectivity index (χ1v) is 7.10. The van der Waals surface area contributed by atoms with E-state index < -0.39 is 6.10 Å². The van der Waals surface area contributed by atoms with Gasteiger partial charge in [-0.2, -0.15) is 0 Å². The SMILES string of the molecule is Cc1csc(SCC(O)c2ccccc2N)n1. The van der Waals surface area contributed by atoms with E-state index >= 15 is 0 Å². The van der Waals surface area contributed by atoms with Gasteiger partial charge in [0, 0.05) is 28.1 Å². The molecule has 3 nitrogen and oxygen atoms in total. The van der Waals surface area contributed by atoms with Crippen LogP contribution in [-0.4, -0.2) is 15.8 Å². The maximum absolute atomic E-state index is 10.0. The lowest BCUT2D eigenvalue weighted by molar-refractivity contribution is 0.205. The van der Waals surface area contributed by atoms with E-state index in [0.717, 1.165) is 15.6 Å². The Morgan fingerprint density at radius 1 is 1.47 bits per heavy atom. The van der Waals surface area contributed by atoms with Crippen molar-refractivity contribution in [3.8, 4) is 0 Å². The average Bonchev–Trinajstić information content (AvgIpc) is 2.73. The largest absolute Gasteiger partial charge is 0.398 e. The Hall–Kier alpha value is -1.04. The Bertz CT molecular complexity index is 499. The third-order valence-corrected chi connectivity index (χ3v) is 4.53. The van der Waals surface area contributed by atoms with Crippen LogP contribution < -0.4 is 5.73 Å². The first-order valence-electron chi connectivity index (χ1n) is 5.24. The van der Waals surface area contributed by atoms with Gasteiger partial charge in [-0.1, -0.05) is 30.0 Å². The zero-order valence-corrected chi connectivity index (χ0v) is 11.1. The van der Waals surface area contributed by atoms with Gasteiger partial charge in [-0.3, -0.25) is 0 Å². The van der Waals surface area contributed by atoms with Crippen LogP contribution in [-0.2, 0) is 0 Å². The number of benzene rings is 1. The van der Waals surface area contributed by atoms with Gasteiger partial charge in [0.05, 0.1) is 6.10 Å². The molecular weight excluding hydrogens is 252 g/mol. The molecule has 1 aromatic carbocycles. The van der Waals surface area contributed by atoms with Crippen molar-refractivity contribution in [2.75, 3.05) is 11.5 Å². The molecule has 0 aliphatic rings. The van der Waals surface area contributed by atoms with Crippen LogP contribution in [0.15, 0.2) is 34.0 Å². The number of para-hydroxylation sites is 1. The lowest BCUT2D eigenvalue weighted by Crippen LogP contribution is -2.04. The van der Waals surface area contributed by atoms with Crippen molar-refractivity contribution >= 4 is 28.8 Å². The first-order chi connectivity index (χ1) is 8.16.